The number of aliphatic hydroxyl groups excluding tert-OH is 2. The Labute approximate surface area is 309 Å². The number of allylic oxidation sites excluding steroid dienone is 4. The lowest BCUT2D eigenvalue weighted by atomic mass is 10.1. The molecule has 0 aromatic rings. The van der Waals surface area contributed by atoms with Crippen molar-refractivity contribution in [1.82, 2.24) is 21.5 Å². The number of hydrogen-bond acceptors (Lipinski definition) is 10. The molecule has 0 bridgehead atoms. The number of terminal acetylenes is 1. The third-order valence-corrected chi connectivity index (χ3v) is 5.52. The van der Waals surface area contributed by atoms with Gasteiger partial charge >= 0.3 is 5.97 Å². The zero-order valence-corrected chi connectivity index (χ0v) is 32.0. The molecule has 0 amide bonds. The molecule has 0 aromatic heterocycles. The topological polar surface area (TPSA) is 167 Å². The Morgan fingerprint density at radius 3 is 2.06 bits per heavy atom. The van der Waals surface area contributed by atoms with Crippen LogP contribution < -0.4 is 16.2 Å². The number of hydrazine groups is 1. The van der Waals surface area contributed by atoms with Gasteiger partial charge in [0.05, 0.1) is 19.1 Å². The average molecular weight is 724 g/mol. The van der Waals surface area contributed by atoms with Crippen LogP contribution in [0.25, 0.3) is 0 Å². The Balaban J connectivity index is -0.000000146. The van der Waals surface area contributed by atoms with E-state index in [1.807, 2.05) is 33.0 Å². The highest BCUT2D eigenvalue weighted by Gasteiger charge is 2.14. The second kappa shape index (κ2) is 58.2. The van der Waals surface area contributed by atoms with Gasteiger partial charge in [0.2, 0.25) is 6.19 Å². The summed E-state index contributed by atoms with van der Waals surface area (Å²) in [6.45, 7) is 25.6. The fourth-order valence-corrected chi connectivity index (χ4v) is 3.01. The van der Waals surface area contributed by atoms with Crippen molar-refractivity contribution in [2.45, 2.75) is 110 Å². The Morgan fingerprint density at radius 1 is 1.00 bits per heavy atom. The predicted octanol–water partition coefficient (Wildman–Crippen LogP) is 7.98. The van der Waals surface area contributed by atoms with Crippen LogP contribution in [0.4, 0.5) is 4.48 Å². The van der Waals surface area contributed by atoms with Crippen LogP contribution in [-0.4, -0.2) is 72.2 Å². The first-order valence-corrected chi connectivity index (χ1v) is 17.4. The quantitative estimate of drug-likeness (QED) is 0.00489. The molecular weight excluding hydrogens is 653 g/mol. The summed E-state index contributed by atoms with van der Waals surface area (Å²) in [7, 11) is 1.97. The lowest BCUT2D eigenvalue weighted by Gasteiger charge is -2.10. The number of carbonyl (C=O) groups is 2. The van der Waals surface area contributed by atoms with Gasteiger partial charge in [-0.2, -0.15) is 10.7 Å². The van der Waals surface area contributed by atoms with E-state index >= 15 is 0 Å². The van der Waals surface area contributed by atoms with Crippen LogP contribution in [0.5, 0.6) is 0 Å². The summed E-state index contributed by atoms with van der Waals surface area (Å²) in [6, 6.07) is -1.23. The molecule has 12 heteroatoms. The molecule has 0 saturated carbocycles. The lowest BCUT2D eigenvalue weighted by molar-refractivity contribution is -0.139. The van der Waals surface area contributed by atoms with Gasteiger partial charge in [-0.3, -0.25) is 9.63 Å². The zero-order chi connectivity index (χ0) is 40.4. The number of aldehydes is 1. The van der Waals surface area contributed by atoms with Crippen molar-refractivity contribution in [2.75, 3.05) is 33.4 Å². The van der Waals surface area contributed by atoms with Crippen LogP contribution in [-0.2, 0) is 14.4 Å². The van der Waals surface area contributed by atoms with Gasteiger partial charge < -0.3 is 25.4 Å². The van der Waals surface area contributed by atoms with Crippen molar-refractivity contribution in [1.29, 1.82) is 5.26 Å². The number of hydroxylamine groups is 1. The minimum Gasteiger partial charge on any atom is -0.508 e. The Morgan fingerprint density at radius 2 is 1.61 bits per heavy atom. The number of nitriles is 1. The van der Waals surface area contributed by atoms with Gasteiger partial charge in [0.1, 0.15) is 12.0 Å². The normalized spacial score (nSPS) is 10.3. The van der Waals surface area contributed by atoms with E-state index in [2.05, 4.69) is 62.6 Å². The van der Waals surface area contributed by atoms with Crippen LogP contribution in [0.2, 0.25) is 0 Å². The second-order valence-corrected chi connectivity index (χ2v) is 9.79. The Bertz CT molecular complexity index is 932. The molecule has 0 aromatic carbocycles. The van der Waals surface area contributed by atoms with Crippen molar-refractivity contribution in [3.63, 3.8) is 0 Å². The second-order valence-electron chi connectivity index (χ2n) is 9.79. The summed E-state index contributed by atoms with van der Waals surface area (Å²) in [6.07, 6.45) is 27.4. The largest absolute Gasteiger partial charge is 0.508 e. The predicted molar refractivity (Wildman–Crippen MR) is 211 cm³/mol. The molecule has 0 saturated heterocycles. The molecule has 0 aliphatic carbocycles. The van der Waals surface area contributed by atoms with Crippen molar-refractivity contribution in [3.05, 3.63) is 74.6 Å². The first-order chi connectivity index (χ1) is 24.7. The summed E-state index contributed by atoms with van der Waals surface area (Å²) >= 11 is 0. The van der Waals surface area contributed by atoms with E-state index < -0.39 is 23.7 Å². The van der Waals surface area contributed by atoms with E-state index in [0.717, 1.165) is 69.8 Å². The standard InChI is InChI=1S/C18H32N2O2.C6H10O.C6H12.C5H6FN3O3.C2H6.C2H4/c1-4-6-7-9-12-17(15-18(21)5-2)16-22-20-14-11-8-10-13-19-3;1-2-3-4-5-6-7;1-3-5-6-4-2;6-9(3-7)8-4(2-10)1-5(11)12;2*1-2/h4-5,12,15,19-21H,1-2,6-11,13-14,16H2,3H3;1,7H,3-6H2;3H,1,4-6H2,2H3;2,4,8H,1H2,(H,11,12);1-2H3;1-2H2/b17-12+,18-15+;;;;;/t;;;4-;;/m...0../s1. The van der Waals surface area contributed by atoms with Gasteiger partial charge in [0, 0.05) is 19.6 Å². The van der Waals surface area contributed by atoms with Crippen molar-refractivity contribution in [2.24, 2.45) is 0 Å². The molecule has 0 radical (unpaired) electrons. The number of aliphatic hydroxyl groups is 2. The van der Waals surface area contributed by atoms with Crippen LogP contribution >= 0.6 is 0 Å². The number of nitrogens with zero attached hydrogens (tertiary/aromatic N) is 2. The van der Waals surface area contributed by atoms with E-state index in [4.69, 9.17) is 26.7 Å². The summed E-state index contributed by atoms with van der Waals surface area (Å²) < 4.78 is 12.0. The highest BCUT2D eigenvalue weighted by molar-refractivity contribution is 5.73. The van der Waals surface area contributed by atoms with Gasteiger partial charge in [0.25, 0.3) is 0 Å². The molecule has 11 nitrogen and oxygen atoms in total. The Kier molecular flexibility index (Phi) is 67.4. The first kappa shape index (κ1) is 59.1. The number of hydrogen-bond donors (Lipinski definition) is 6. The van der Waals surface area contributed by atoms with Crippen LogP contribution in [0.1, 0.15) is 104 Å². The third kappa shape index (κ3) is 65.0. The molecule has 1 atom stereocenters. The molecule has 0 heterocycles. The molecular formula is C39H70FN5O6. The molecule has 294 valence electrons. The molecule has 0 aliphatic heterocycles. The van der Waals surface area contributed by atoms with Crippen LogP contribution in [0.15, 0.2) is 74.6 Å². The van der Waals surface area contributed by atoms with E-state index in [1.54, 1.807) is 11.5 Å². The maximum atomic E-state index is 12.0. The smallest absolute Gasteiger partial charge is 0.305 e. The molecule has 0 aliphatic rings. The lowest BCUT2D eigenvalue weighted by Crippen LogP contribution is -2.39. The maximum absolute atomic E-state index is 12.0. The number of nitrogens with one attached hydrogen (secondary N) is 3. The highest BCUT2D eigenvalue weighted by Crippen LogP contribution is 2.07. The van der Waals surface area contributed by atoms with E-state index in [0.29, 0.717) is 6.61 Å². The number of unbranched alkanes of at least 4 members (excludes halogenated alkanes) is 8. The van der Waals surface area contributed by atoms with Crippen molar-refractivity contribution in [3.8, 4) is 18.5 Å². The number of carbonyl (C=O) groups excluding carboxylic acids is 1. The van der Waals surface area contributed by atoms with Crippen molar-refractivity contribution >= 4 is 12.3 Å². The maximum Gasteiger partial charge on any atom is 0.305 e. The number of halogens is 1. The molecule has 51 heavy (non-hydrogen) atoms. The highest BCUT2D eigenvalue weighted by atomic mass is 19.2. The monoisotopic (exact) mass is 724 g/mol. The molecule has 0 fully saturated rings. The van der Waals surface area contributed by atoms with Crippen LogP contribution in [0, 0.1) is 23.8 Å². The average Bonchev–Trinajstić information content (AvgIpc) is 3.15. The summed E-state index contributed by atoms with van der Waals surface area (Å²) in [5.74, 6) is 1.39. The molecule has 6 N–H and O–H groups in total. The van der Waals surface area contributed by atoms with Crippen molar-refractivity contribution < 1.29 is 34.2 Å². The summed E-state index contributed by atoms with van der Waals surface area (Å²) in [5.41, 5.74) is 5.62. The Hall–Kier alpha value is -4.04. The van der Waals surface area contributed by atoms with Gasteiger partial charge in [-0.25, -0.2) is 5.48 Å². The van der Waals surface area contributed by atoms with E-state index in [-0.39, 0.29) is 18.7 Å². The molecule has 0 spiro atoms. The van der Waals surface area contributed by atoms with Gasteiger partial charge in [-0.15, -0.1) is 38.7 Å². The number of rotatable bonds is 26. The minimum atomic E-state index is -1.26. The third-order valence-electron chi connectivity index (χ3n) is 5.52. The van der Waals surface area contributed by atoms with E-state index in [9.17, 15) is 19.2 Å². The van der Waals surface area contributed by atoms with Gasteiger partial charge in [-0.1, -0.05) is 74.6 Å². The molecule has 0 unspecified atom stereocenters. The van der Waals surface area contributed by atoms with Gasteiger partial charge in [-0.05, 0) is 82.7 Å². The fraction of sp³-hybridized carbons (Fsp3) is 0.564. The van der Waals surface area contributed by atoms with Crippen LogP contribution in [0.3, 0.4) is 0 Å². The van der Waals surface area contributed by atoms with E-state index in [1.165, 1.54) is 38.2 Å². The summed E-state index contributed by atoms with van der Waals surface area (Å²) in [5, 5.41) is 36.5. The SMILES string of the molecule is C#CCCCCO.C=C.C=CCCC/C=C(\C=C(\O)C=C)CONCCCCCNC.C=CCCCC.CC.N#CN(F)N[C@H](C=O)CC(=O)O. The number of aliphatic carboxylic acids is 1. The minimum absolute atomic E-state index is 0.158. The van der Waals surface area contributed by atoms with Gasteiger partial charge in [0.15, 0.2) is 0 Å². The summed E-state index contributed by atoms with van der Waals surface area (Å²) in [4.78, 5) is 25.5. The number of carboxylic acid groups (broad SMARTS) is 1. The fourth-order valence-electron chi connectivity index (χ4n) is 3.01. The first-order valence-electron chi connectivity index (χ1n) is 17.4. The number of carboxylic acids is 1. The zero-order valence-electron chi connectivity index (χ0n) is 32.0. The molecule has 0 rings (SSSR count).